The van der Waals surface area contributed by atoms with Crippen molar-refractivity contribution in [1.29, 1.82) is 0 Å². The molecule has 0 saturated heterocycles. The zero-order valence-corrected chi connectivity index (χ0v) is 16.7. The number of methoxy groups -OCH3 is 2. The number of carbonyl (C=O) groups is 1. The molecule has 1 aromatic heterocycles. The fourth-order valence-corrected chi connectivity index (χ4v) is 3.06. The molecule has 3 aromatic rings. The molecule has 1 amide bonds. The van der Waals surface area contributed by atoms with Crippen molar-refractivity contribution in [3.63, 3.8) is 0 Å². The van der Waals surface area contributed by atoms with Gasteiger partial charge in [-0.25, -0.2) is 0 Å². The first-order valence-corrected chi connectivity index (χ1v) is 9.17. The average molecular weight is 401 g/mol. The zero-order chi connectivity index (χ0) is 20.1. The molecule has 0 saturated carbocycles. The van der Waals surface area contributed by atoms with E-state index in [1.807, 2.05) is 13.0 Å². The van der Waals surface area contributed by atoms with Crippen LogP contribution in [0.4, 0.5) is 0 Å². The van der Waals surface area contributed by atoms with E-state index in [0.717, 1.165) is 5.56 Å². The van der Waals surface area contributed by atoms with Crippen molar-refractivity contribution in [2.24, 2.45) is 0 Å². The lowest BCUT2D eigenvalue weighted by atomic mass is 10.1. The minimum Gasteiger partial charge on any atom is -0.497 e. The molecule has 0 unspecified atom stereocenters. The van der Waals surface area contributed by atoms with Gasteiger partial charge in [0.15, 0.2) is 5.76 Å². The summed E-state index contributed by atoms with van der Waals surface area (Å²) >= 11 is 6.16. The zero-order valence-electron chi connectivity index (χ0n) is 15.9. The summed E-state index contributed by atoms with van der Waals surface area (Å²) in [7, 11) is 3.18. The number of hydrogen-bond donors (Lipinski definition) is 0. The molecule has 0 atom stereocenters. The molecule has 3 rings (SSSR count). The summed E-state index contributed by atoms with van der Waals surface area (Å²) in [5, 5.41) is 4.54. The molecule has 0 radical (unpaired) electrons. The van der Waals surface area contributed by atoms with Crippen LogP contribution >= 0.6 is 11.6 Å². The van der Waals surface area contributed by atoms with Gasteiger partial charge >= 0.3 is 0 Å². The SMILES string of the molecule is CCN(Cc1cc(-c2cc(OC)ccc2OC)on1)C(=O)c1ccccc1Cl. The van der Waals surface area contributed by atoms with Crippen LogP contribution in [0.1, 0.15) is 23.0 Å². The molecular formula is C21H21ClN2O4. The van der Waals surface area contributed by atoms with Gasteiger partial charge in [0.05, 0.1) is 36.9 Å². The van der Waals surface area contributed by atoms with Crippen LogP contribution in [-0.4, -0.2) is 36.7 Å². The third-order valence-corrected chi connectivity index (χ3v) is 4.69. The number of rotatable bonds is 7. The number of amides is 1. The second kappa shape index (κ2) is 8.80. The van der Waals surface area contributed by atoms with Crippen molar-refractivity contribution < 1.29 is 18.8 Å². The summed E-state index contributed by atoms with van der Waals surface area (Å²) in [4.78, 5) is 14.5. The predicted molar refractivity (Wildman–Crippen MR) is 107 cm³/mol. The fourth-order valence-electron chi connectivity index (χ4n) is 2.85. The maximum Gasteiger partial charge on any atom is 0.255 e. The van der Waals surface area contributed by atoms with Crippen LogP contribution in [-0.2, 0) is 6.54 Å². The maximum atomic E-state index is 12.8. The smallest absolute Gasteiger partial charge is 0.255 e. The van der Waals surface area contributed by atoms with Crippen molar-refractivity contribution in [3.8, 4) is 22.8 Å². The summed E-state index contributed by atoms with van der Waals surface area (Å²) < 4.78 is 16.2. The molecule has 2 aromatic carbocycles. The first-order chi connectivity index (χ1) is 13.6. The Hall–Kier alpha value is -2.99. The third-order valence-electron chi connectivity index (χ3n) is 4.36. The van der Waals surface area contributed by atoms with Crippen LogP contribution in [0.2, 0.25) is 5.02 Å². The minimum atomic E-state index is -0.156. The highest BCUT2D eigenvalue weighted by molar-refractivity contribution is 6.33. The number of benzene rings is 2. The molecule has 1 heterocycles. The molecule has 7 heteroatoms. The number of hydrogen-bond acceptors (Lipinski definition) is 5. The Balaban J connectivity index is 1.84. The molecule has 0 fully saturated rings. The highest BCUT2D eigenvalue weighted by Gasteiger charge is 2.20. The minimum absolute atomic E-state index is 0.156. The van der Waals surface area contributed by atoms with Gasteiger partial charge < -0.3 is 18.9 Å². The number of halogens is 1. The third kappa shape index (κ3) is 4.12. The number of aromatic nitrogens is 1. The largest absolute Gasteiger partial charge is 0.497 e. The first kappa shape index (κ1) is 19.8. The van der Waals surface area contributed by atoms with Crippen molar-refractivity contribution in [2.75, 3.05) is 20.8 Å². The predicted octanol–water partition coefficient (Wildman–Crippen LogP) is 4.67. The maximum absolute atomic E-state index is 12.8. The Morgan fingerprint density at radius 3 is 2.61 bits per heavy atom. The molecule has 0 bridgehead atoms. The van der Waals surface area contributed by atoms with E-state index >= 15 is 0 Å². The highest BCUT2D eigenvalue weighted by atomic mass is 35.5. The van der Waals surface area contributed by atoms with E-state index in [1.165, 1.54) is 0 Å². The highest BCUT2D eigenvalue weighted by Crippen LogP contribution is 2.34. The Bertz CT molecular complexity index is 971. The van der Waals surface area contributed by atoms with Gasteiger partial charge in [0.25, 0.3) is 5.91 Å². The Morgan fingerprint density at radius 1 is 1.14 bits per heavy atom. The molecule has 0 spiro atoms. The molecule has 0 aliphatic rings. The quantitative estimate of drug-likeness (QED) is 0.576. The van der Waals surface area contributed by atoms with Crippen LogP contribution in [0.15, 0.2) is 53.1 Å². The van der Waals surface area contributed by atoms with E-state index in [0.29, 0.717) is 46.6 Å². The van der Waals surface area contributed by atoms with E-state index < -0.39 is 0 Å². The van der Waals surface area contributed by atoms with Gasteiger partial charge in [0.2, 0.25) is 0 Å². The summed E-state index contributed by atoms with van der Waals surface area (Å²) in [5.74, 6) is 1.70. The van der Waals surface area contributed by atoms with E-state index in [1.54, 1.807) is 61.6 Å². The summed E-state index contributed by atoms with van der Waals surface area (Å²) in [6, 6.07) is 14.2. The lowest BCUT2D eigenvalue weighted by molar-refractivity contribution is 0.0749. The normalized spacial score (nSPS) is 10.6. The molecule has 0 aliphatic carbocycles. The van der Waals surface area contributed by atoms with E-state index in [4.69, 9.17) is 25.6 Å². The summed E-state index contributed by atoms with van der Waals surface area (Å²) in [5.41, 5.74) is 1.81. The van der Waals surface area contributed by atoms with Gasteiger partial charge in [0, 0.05) is 12.6 Å². The van der Waals surface area contributed by atoms with E-state index in [9.17, 15) is 4.79 Å². The van der Waals surface area contributed by atoms with Crippen LogP contribution in [0.25, 0.3) is 11.3 Å². The summed E-state index contributed by atoms with van der Waals surface area (Å²) in [6.45, 7) is 2.71. The lowest BCUT2D eigenvalue weighted by Gasteiger charge is -2.20. The lowest BCUT2D eigenvalue weighted by Crippen LogP contribution is -2.30. The van der Waals surface area contributed by atoms with Gasteiger partial charge in [-0.05, 0) is 37.3 Å². The second-order valence-electron chi connectivity index (χ2n) is 6.05. The van der Waals surface area contributed by atoms with Crippen molar-refractivity contribution in [2.45, 2.75) is 13.5 Å². The second-order valence-corrected chi connectivity index (χ2v) is 6.46. The van der Waals surface area contributed by atoms with Gasteiger partial charge in [-0.1, -0.05) is 28.9 Å². The molecule has 0 N–H and O–H groups in total. The van der Waals surface area contributed by atoms with Crippen LogP contribution in [0.5, 0.6) is 11.5 Å². The van der Waals surface area contributed by atoms with Crippen LogP contribution in [0.3, 0.4) is 0 Å². The van der Waals surface area contributed by atoms with Crippen molar-refractivity contribution >= 4 is 17.5 Å². The fraction of sp³-hybridized carbons (Fsp3) is 0.238. The average Bonchev–Trinajstić information content (AvgIpc) is 3.19. The molecule has 0 aliphatic heterocycles. The molecule has 146 valence electrons. The molecule has 28 heavy (non-hydrogen) atoms. The molecule has 6 nitrogen and oxygen atoms in total. The first-order valence-electron chi connectivity index (χ1n) is 8.79. The molecular weight excluding hydrogens is 380 g/mol. The number of carbonyl (C=O) groups excluding carboxylic acids is 1. The van der Waals surface area contributed by atoms with Crippen LogP contribution < -0.4 is 9.47 Å². The van der Waals surface area contributed by atoms with E-state index in [-0.39, 0.29) is 5.91 Å². The van der Waals surface area contributed by atoms with Crippen molar-refractivity contribution in [3.05, 3.63) is 64.8 Å². The van der Waals surface area contributed by atoms with Crippen LogP contribution in [0, 0.1) is 0 Å². The summed E-state index contributed by atoms with van der Waals surface area (Å²) in [6.07, 6.45) is 0. The number of nitrogens with zero attached hydrogens (tertiary/aromatic N) is 2. The van der Waals surface area contributed by atoms with Gasteiger partial charge in [0.1, 0.15) is 17.2 Å². The van der Waals surface area contributed by atoms with E-state index in [2.05, 4.69) is 5.16 Å². The Labute approximate surface area is 168 Å². The van der Waals surface area contributed by atoms with Gasteiger partial charge in [-0.2, -0.15) is 0 Å². The Morgan fingerprint density at radius 2 is 1.93 bits per heavy atom. The monoisotopic (exact) mass is 400 g/mol. The van der Waals surface area contributed by atoms with Crippen molar-refractivity contribution in [1.82, 2.24) is 10.1 Å². The number of ether oxygens (including phenoxy) is 2. The topological polar surface area (TPSA) is 64.8 Å². The standard InChI is InChI=1S/C21H21ClN2O4/c1-4-24(21(25)16-7-5-6-8-18(16)22)13-14-11-20(28-23-14)17-12-15(26-2)9-10-19(17)27-3/h5-12H,4,13H2,1-3H3. The van der Waals surface area contributed by atoms with Gasteiger partial charge in [-0.15, -0.1) is 0 Å². The Kier molecular flexibility index (Phi) is 6.21. The van der Waals surface area contributed by atoms with Gasteiger partial charge in [-0.3, -0.25) is 4.79 Å².